The van der Waals surface area contributed by atoms with Gasteiger partial charge in [0, 0.05) is 27.2 Å². The Morgan fingerprint density at radius 3 is 2.07 bits per heavy atom. The molecule has 0 unspecified atom stereocenters. The average Bonchev–Trinajstić information content (AvgIpc) is 3.29. The maximum atomic E-state index is 2.52. The molecule has 41 heavy (non-hydrogen) atoms. The maximum Gasteiger partial charge on any atom is 0.259 e. The molecule has 3 heterocycles. The molecular formula is C38H40BNS. The van der Waals surface area contributed by atoms with Crippen molar-refractivity contribution in [2.24, 2.45) is 0 Å². The lowest BCUT2D eigenvalue weighted by Gasteiger charge is -2.44. The number of anilines is 3. The van der Waals surface area contributed by atoms with Crippen molar-refractivity contribution in [1.29, 1.82) is 0 Å². The lowest BCUT2D eigenvalue weighted by Crippen LogP contribution is -2.63. The van der Waals surface area contributed by atoms with E-state index in [-0.39, 0.29) is 23.0 Å². The first-order valence-corrected chi connectivity index (χ1v) is 15.8. The molecule has 0 radical (unpaired) electrons. The van der Waals surface area contributed by atoms with E-state index < -0.39 is 0 Å². The number of rotatable bonds is 1. The van der Waals surface area contributed by atoms with Crippen molar-refractivity contribution in [1.82, 2.24) is 0 Å². The van der Waals surface area contributed by atoms with Crippen LogP contribution < -0.4 is 20.6 Å². The van der Waals surface area contributed by atoms with Gasteiger partial charge in [-0.2, -0.15) is 0 Å². The van der Waals surface area contributed by atoms with E-state index in [0.717, 1.165) is 0 Å². The van der Waals surface area contributed by atoms with Gasteiger partial charge >= 0.3 is 0 Å². The highest BCUT2D eigenvalue weighted by atomic mass is 32.1. The molecule has 0 saturated carbocycles. The Kier molecular flexibility index (Phi) is 5.59. The number of aryl methyl sites for hydroxylation is 1. The minimum atomic E-state index is -0.106. The molecule has 5 aromatic rings. The Hall–Kier alpha value is -3.30. The van der Waals surface area contributed by atoms with Crippen LogP contribution in [0.1, 0.15) is 83.2 Å². The number of fused-ring (bicyclic) bond motifs is 6. The van der Waals surface area contributed by atoms with E-state index in [2.05, 4.69) is 146 Å². The Morgan fingerprint density at radius 1 is 0.732 bits per heavy atom. The van der Waals surface area contributed by atoms with Gasteiger partial charge in [-0.05, 0) is 103 Å². The third kappa shape index (κ3) is 3.88. The van der Waals surface area contributed by atoms with Crippen LogP contribution in [0.4, 0.5) is 17.1 Å². The summed E-state index contributed by atoms with van der Waals surface area (Å²) in [6.07, 6.45) is 0. The first kappa shape index (κ1) is 26.6. The van der Waals surface area contributed by atoms with E-state index in [4.69, 9.17) is 0 Å². The van der Waals surface area contributed by atoms with Gasteiger partial charge in [-0.3, -0.25) is 0 Å². The fourth-order valence-corrected chi connectivity index (χ4v) is 8.70. The second-order valence-corrected chi connectivity index (χ2v) is 15.9. The van der Waals surface area contributed by atoms with Gasteiger partial charge in [0.2, 0.25) is 0 Å². The molecule has 0 fully saturated rings. The van der Waals surface area contributed by atoms with Gasteiger partial charge in [-0.15, -0.1) is 11.3 Å². The molecule has 1 nitrogen and oxygen atoms in total. The molecule has 0 N–H and O–H groups in total. The van der Waals surface area contributed by atoms with Gasteiger partial charge < -0.3 is 4.90 Å². The second kappa shape index (κ2) is 8.61. The molecule has 7 rings (SSSR count). The molecule has 0 saturated heterocycles. The van der Waals surface area contributed by atoms with Crippen molar-refractivity contribution in [3.05, 3.63) is 107 Å². The predicted molar refractivity (Wildman–Crippen MR) is 182 cm³/mol. The van der Waals surface area contributed by atoms with Crippen LogP contribution >= 0.6 is 11.3 Å². The van der Waals surface area contributed by atoms with Crippen molar-refractivity contribution in [3.63, 3.8) is 0 Å². The van der Waals surface area contributed by atoms with Crippen molar-refractivity contribution < 1.29 is 0 Å². The van der Waals surface area contributed by atoms with Gasteiger partial charge in [-0.1, -0.05) is 97.9 Å². The van der Waals surface area contributed by atoms with Crippen molar-refractivity contribution in [3.8, 4) is 0 Å². The summed E-state index contributed by atoms with van der Waals surface area (Å²) in [5.74, 6) is 0. The number of nitrogens with zero attached hydrogens (tertiary/aromatic N) is 1. The van der Waals surface area contributed by atoms with E-state index in [0.29, 0.717) is 0 Å². The summed E-state index contributed by atoms with van der Waals surface area (Å²) in [7, 11) is 0. The normalized spacial score (nSPS) is 15.5. The summed E-state index contributed by atoms with van der Waals surface area (Å²) in [6, 6.07) is 30.5. The SMILES string of the molecule is Cc1cc2c3c(c1)C(C)(C)c1c(sc4ccc(C(C)(C)C)cc14)B3c1ccccc1N2c1ccc(C(C)(C)C)cc1. The number of para-hydroxylation sites is 1. The third-order valence-corrected chi connectivity index (χ3v) is 10.7. The molecule has 0 atom stereocenters. The Labute approximate surface area is 250 Å². The number of benzene rings is 4. The van der Waals surface area contributed by atoms with E-state index >= 15 is 0 Å². The van der Waals surface area contributed by atoms with Gasteiger partial charge in [-0.25, -0.2) is 0 Å². The molecule has 0 aliphatic carbocycles. The van der Waals surface area contributed by atoms with E-state index in [1.54, 1.807) is 0 Å². The molecule has 2 aliphatic heterocycles. The summed E-state index contributed by atoms with van der Waals surface area (Å²) < 4.78 is 2.92. The smallest absolute Gasteiger partial charge is 0.259 e. The molecule has 3 heteroatoms. The fraction of sp³-hybridized carbons (Fsp3) is 0.316. The van der Waals surface area contributed by atoms with E-state index in [1.165, 1.54) is 70.7 Å². The van der Waals surface area contributed by atoms with E-state index in [9.17, 15) is 0 Å². The van der Waals surface area contributed by atoms with Crippen LogP contribution in [0.2, 0.25) is 0 Å². The molecule has 206 valence electrons. The third-order valence-electron chi connectivity index (χ3n) is 9.45. The van der Waals surface area contributed by atoms with Gasteiger partial charge in [0.15, 0.2) is 0 Å². The fourth-order valence-electron chi connectivity index (χ4n) is 7.23. The highest BCUT2D eigenvalue weighted by molar-refractivity contribution is 7.32. The van der Waals surface area contributed by atoms with Gasteiger partial charge in [0.25, 0.3) is 6.71 Å². The zero-order chi connectivity index (χ0) is 29.1. The second-order valence-electron chi connectivity index (χ2n) is 14.8. The Balaban J connectivity index is 1.53. The minimum Gasteiger partial charge on any atom is -0.312 e. The van der Waals surface area contributed by atoms with Gasteiger partial charge in [0.05, 0.1) is 0 Å². The topological polar surface area (TPSA) is 3.24 Å². The molecule has 1 aromatic heterocycles. The zero-order valence-electron chi connectivity index (χ0n) is 25.9. The molecule has 0 amide bonds. The number of hydrogen-bond acceptors (Lipinski definition) is 2. The van der Waals surface area contributed by atoms with Crippen LogP contribution in [0.25, 0.3) is 10.1 Å². The van der Waals surface area contributed by atoms with Gasteiger partial charge in [0.1, 0.15) is 0 Å². The number of thiophene rings is 1. The first-order valence-electron chi connectivity index (χ1n) is 15.0. The monoisotopic (exact) mass is 553 g/mol. The molecule has 2 aliphatic rings. The summed E-state index contributed by atoms with van der Waals surface area (Å²) >= 11 is 2.01. The molecule has 0 spiro atoms. The largest absolute Gasteiger partial charge is 0.312 e. The first-order chi connectivity index (χ1) is 19.3. The maximum absolute atomic E-state index is 2.52. The molecule has 0 bridgehead atoms. The Morgan fingerprint density at radius 2 is 1.39 bits per heavy atom. The summed E-state index contributed by atoms with van der Waals surface area (Å²) in [6.45, 7) is 21.2. The molecule has 4 aromatic carbocycles. The highest BCUT2D eigenvalue weighted by Gasteiger charge is 2.48. The van der Waals surface area contributed by atoms with Crippen LogP contribution in [-0.4, -0.2) is 6.71 Å². The van der Waals surface area contributed by atoms with E-state index in [1.807, 2.05) is 11.3 Å². The Bertz CT molecular complexity index is 1840. The minimum absolute atomic E-state index is 0.106. The quantitative estimate of drug-likeness (QED) is 0.184. The van der Waals surface area contributed by atoms with Crippen molar-refractivity contribution in [2.45, 2.75) is 78.6 Å². The standard InChI is InChI=1S/C38H40BNS/c1-23-20-28-34-31(21-23)40(26-17-14-24(15-18-26)36(2,3)4)30-13-11-10-12-29(30)39(34)35-33(38(28,8)9)27-22-25(37(5,6)7)16-19-32(27)41-35/h10-22H,1-9H3. The summed E-state index contributed by atoms with van der Waals surface area (Å²) in [5, 5.41) is 1.44. The van der Waals surface area contributed by atoms with Crippen LogP contribution in [0.5, 0.6) is 0 Å². The average molecular weight is 554 g/mol. The summed E-state index contributed by atoms with van der Waals surface area (Å²) in [5.41, 5.74) is 14.0. The zero-order valence-corrected chi connectivity index (χ0v) is 26.8. The lowest BCUT2D eigenvalue weighted by atomic mass is 9.32. The highest BCUT2D eigenvalue weighted by Crippen LogP contribution is 2.46. The molecular weight excluding hydrogens is 513 g/mol. The van der Waals surface area contributed by atoms with Crippen LogP contribution in [-0.2, 0) is 16.2 Å². The van der Waals surface area contributed by atoms with Crippen LogP contribution in [0, 0.1) is 6.92 Å². The van der Waals surface area contributed by atoms with Crippen LogP contribution in [0.3, 0.4) is 0 Å². The van der Waals surface area contributed by atoms with Crippen LogP contribution in [0.15, 0.2) is 78.9 Å². The van der Waals surface area contributed by atoms with Crippen molar-refractivity contribution in [2.75, 3.05) is 4.90 Å². The summed E-state index contributed by atoms with van der Waals surface area (Å²) in [4.78, 5) is 2.52. The lowest BCUT2D eigenvalue weighted by molar-refractivity contribution is 0.590. The predicted octanol–water partition coefficient (Wildman–Crippen LogP) is 8.74. The number of hydrogen-bond donors (Lipinski definition) is 0. The van der Waals surface area contributed by atoms with Crippen molar-refractivity contribution >= 4 is 60.9 Å².